The van der Waals surface area contributed by atoms with Crippen LogP contribution in [0.2, 0.25) is 0 Å². The van der Waals surface area contributed by atoms with Crippen LogP contribution >= 0.6 is 22.6 Å². The predicted molar refractivity (Wildman–Crippen MR) is 52.2 cm³/mol. The third-order valence-electron chi connectivity index (χ3n) is 1.20. The van der Waals surface area contributed by atoms with Crippen LogP contribution in [0.5, 0.6) is 5.75 Å². The van der Waals surface area contributed by atoms with Gasteiger partial charge in [-0.3, -0.25) is 0 Å². The lowest BCUT2D eigenvalue weighted by Crippen LogP contribution is -2.09. The molecule has 0 aliphatic rings. The molecular weight excluding hydrogens is 290 g/mol. The van der Waals surface area contributed by atoms with Gasteiger partial charge in [-0.2, -0.15) is 0 Å². The van der Waals surface area contributed by atoms with Gasteiger partial charge in [-0.25, -0.2) is 9.18 Å². The van der Waals surface area contributed by atoms with Crippen molar-refractivity contribution in [1.82, 2.24) is 0 Å². The molecule has 0 heterocycles. The number of benzene rings is 1. The van der Waals surface area contributed by atoms with Gasteiger partial charge in [0.15, 0.2) is 6.61 Å². The van der Waals surface area contributed by atoms with Crippen LogP contribution in [0.4, 0.5) is 4.39 Å². The number of carboxylic acids is 1. The molecule has 0 amide bonds. The Kier molecular flexibility index (Phi) is 3.47. The quantitative estimate of drug-likeness (QED) is 0.867. The molecule has 1 N–H and O–H groups in total. The van der Waals surface area contributed by atoms with Gasteiger partial charge in [0.05, 0.1) is 0 Å². The second-order valence-electron chi connectivity index (χ2n) is 2.29. The number of hydrogen-bond acceptors (Lipinski definition) is 2. The van der Waals surface area contributed by atoms with Crippen molar-refractivity contribution in [2.45, 2.75) is 0 Å². The SMILES string of the molecule is O=C(O)COc1cc(F)cc(I)c1. The minimum Gasteiger partial charge on any atom is -0.482 e. The number of carbonyl (C=O) groups is 1. The van der Waals surface area contributed by atoms with Crippen molar-refractivity contribution in [3.05, 3.63) is 27.6 Å². The minimum atomic E-state index is -1.08. The molecule has 1 rings (SSSR count). The highest BCUT2D eigenvalue weighted by Crippen LogP contribution is 2.17. The molecule has 0 bridgehead atoms. The van der Waals surface area contributed by atoms with E-state index >= 15 is 0 Å². The first-order valence-corrected chi connectivity index (χ1v) is 4.46. The molecule has 0 aliphatic carbocycles. The first-order valence-electron chi connectivity index (χ1n) is 3.38. The van der Waals surface area contributed by atoms with Gasteiger partial charge in [0.25, 0.3) is 0 Å². The van der Waals surface area contributed by atoms with E-state index < -0.39 is 18.4 Å². The summed E-state index contributed by atoms with van der Waals surface area (Å²) in [5.41, 5.74) is 0. The number of ether oxygens (including phenoxy) is 1. The third kappa shape index (κ3) is 3.58. The molecule has 1 aromatic rings. The summed E-state index contributed by atoms with van der Waals surface area (Å²) >= 11 is 1.92. The molecule has 0 saturated carbocycles. The van der Waals surface area contributed by atoms with Crippen molar-refractivity contribution in [1.29, 1.82) is 0 Å². The Morgan fingerprint density at radius 2 is 2.23 bits per heavy atom. The monoisotopic (exact) mass is 296 g/mol. The van der Waals surface area contributed by atoms with Crippen LogP contribution in [0, 0.1) is 9.39 Å². The summed E-state index contributed by atoms with van der Waals surface area (Å²) < 4.78 is 18.2. The lowest BCUT2D eigenvalue weighted by molar-refractivity contribution is -0.139. The Balaban J connectivity index is 2.71. The maximum Gasteiger partial charge on any atom is 0.341 e. The van der Waals surface area contributed by atoms with E-state index in [0.717, 1.165) is 6.07 Å². The number of carboxylic acid groups (broad SMARTS) is 1. The fourth-order valence-electron chi connectivity index (χ4n) is 0.757. The standard InChI is InChI=1S/C8H6FIO3/c9-5-1-6(10)3-7(2-5)13-4-8(11)12/h1-3H,4H2,(H,11,12). The molecule has 0 fully saturated rings. The first-order chi connectivity index (χ1) is 6.08. The van der Waals surface area contributed by atoms with Crippen LogP contribution in [0.15, 0.2) is 18.2 Å². The maximum atomic E-state index is 12.7. The number of hydrogen-bond donors (Lipinski definition) is 1. The van der Waals surface area contributed by atoms with Crippen LogP contribution in [0.25, 0.3) is 0 Å². The Bertz CT molecular complexity index is 307. The van der Waals surface area contributed by atoms with E-state index in [1.165, 1.54) is 6.07 Å². The van der Waals surface area contributed by atoms with E-state index in [4.69, 9.17) is 9.84 Å². The van der Waals surface area contributed by atoms with Gasteiger partial charge in [-0.05, 0) is 34.7 Å². The summed E-state index contributed by atoms with van der Waals surface area (Å²) in [7, 11) is 0. The van der Waals surface area contributed by atoms with Crippen molar-refractivity contribution in [3.8, 4) is 5.75 Å². The van der Waals surface area contributed by atoms with Crippen LogP contribution in [-0.4, -0.2) is 17.7 Å². The van der Waals surface area contributed by atoms with E-state index in [2.05, 4.69) is 0 Å². The van der Waals surface area contributed by atoms with Gasteiger partial charge in [0, 0.05) is 9.64 Å². The van der Waals surface area contributed by atoms with Gasteiger partial charge < -0.3 is 9.84 Å². The van der Waals surface area contributed by atoms with Crippen LogP contribution in [-0.2, 0) is 4.79 Å². The van der Waals surface area contributed by atoms with Crippen LogP contribution in [0.3, 0.4) is 0 Å². The number of aliphatic carboxylic acids is 1. The van der Waals surface area contributed by atoms with Crippen molar-refractivity contribution in [2.24, 2.45) is 0 Å². The number of halogens is 2. The van der Waals surface area contributed by atoms with Crippen molar-refractivity contribution in [3.63, 3.8) is 0 Å². The molecular formula is C8H6FIO3. The van der Waals surface area contributed by atoms with Crippen LogP contribution < -0.4 is 4.74 Å². The Morgan fingerprint density at radius 3 is 2.77 bits per heavy atom. The zero-order chi connectivity index (χ0) is 9.84. The molecule has 0 radical (unpaired) electrons. The highest BCUT2D eigenvalue weighted by Gasteiger charge is 2.02. The maximum absolute atomic E-state index is 12.7. The molecule has 0 saturated heterocycles. The molecule has 70 valence electrons. The molecule has 0 atom stereocenters. The lowest BCUT2D eigenvalue weighted by atomic mass is 10.3. The summed E-state index contributed by atoms with van der Waals surface area (Å²) in [5.74, 6) is -1.29. The van der Waals surface area contributed by atoms with E-state index in [1.807, 2.05) is 22.6 Å². The van der Waals surface area contributed by atoms with Gasteiger partial charge in [0.1, 0.15) is 11.6 Å². The van der Waals surface area contributed by atoms with Crippen molar-refractivity contribution in [2.75, 3.05) is 6.61 Å². The fourth-order valence-corrected chi connectivity index (χ4v) is 1.36. The molecule has 3 nitrogen and oxygen atoms in total. The smallest absolute Gasteiger partial charge is 0.341 e. The predicted octanol–water partition coefficient (Wildman–Crippen LogP) is 1.89. The van der Waals surface area contributed by atoms with Crippen molar-refractivity contribution < 1.29 is 19.0 Å². The first kappa shape index (κ1) is 10.2. The Labute approximate surface area is 87.7 Å². The summed E-state index contributed by atoms with van der Waals surface area (Å²) in [5, 5.41) is 8.29. The summed E-state index contributed by atoms with van der Waals surface area (Å²) in [4.78, 5) is 10.1. The van der Waals surface area contributed by atoms with E-state index in [9.17, 15) is 9.18 Å². The second kappa shape index (κ2) is 4.40. The van der Waals surface area contributed by atoms with Crippen LogP contribution in [0.1, 0.15) is 0 Å². The second-order valence-corrected chi connectivity index (χ2v) is 3.53. The van der Waals surface area contributed by atoms with E-state index in [0.29, 0.717) is 3.57 Å². The summed E-state index contributed by atoms with van der Waals surface area (Å²) in [6, 6.07) is 4.03. The van der Waals surface area contributed by atoms with Gasteiger partial charge in [0.2, 0.25) is 0 Å². The van der Waals surface area contributed by atoms with E-state index in [-0.39, 0.29) is 5.75 Å². The molecule has 0 spiro atoms. The average molecular weight is 296 g/mol. The Hall–Kier alpha value is -0.850. The molecule has 1 aromatic carbocycles. The summed E-state index contributed by atoms with van der Waals surface area (Å²) in [6.45, 7) is -0.459. The zero-order valence-corrected chi connectivity index (χ0v) is 8.62. The van der Waals surface area contributed by atoms with Gasteiger partial charge in [-0.1, -0.05) is 0 Å². The summed E-state index contributed by atoms with van der Waals surface area (Å²) in [6.07, 6.45) is 0. The fraction of sp³-hybridized carbons (Fsp3) is 0.125. The van der Waals surface area contributed by atoms with Crippen molar-refractivity contribution >= 4 is 28.6 Å². The molecule has 5 heteroatoms. The molecule has 0 aromatic heterocycles. The topological polar surface area (TPSA) is 46.5 Å². The molecule has 0 aliphatic heterocycles. The average Bonchev–Trinajstić information content (AvgIpc) is 1.99. The van der Waals surface area contributed by atoms with Gasteiger partial charge in [-0.15, -0.1) is 0 Å². The molecule has 13 heavy (non-hydrogen) atoms. The Morgan fingerprint density at radius 1 is 1.54 bits per heavy atom. The molecule has 0 unspecified atom stereocenters. The minimum absolute atomic E-state index is 0.229. The zero-order valence-electron chi connectivity index (χ0n) is 6.46. The highest BCUT2D eigenvalue weighted by atomic mass is 127. The van der Waals surface area contributed by atoms with Gasteiger partial charge >= 0.3 is 5.97 Å². The third-order valence-corrected chi connectivity index (χ3v) is 1.82. The largest absolute Gasteiger partial charge is 0.482 e. The van der Waals surface area contributed by atoms with E-state index in [1.54, 1.807) is 6.07 Å². The lowest BCUT2D eigenvalue weighted by Gasteiger charge is -2.03. The normalized spacial score (nSPS) is 9.69. The number of rotatable bonds is 3. The highest BCUT2D eigenvalue weighted by molar-refractivity contribution is 14.1.